The van der Waals surface area contributed by atoms with Gasteiger partial charge < -0.3 is 5.32 Å². The Balaban J connectivity index is 1.97. The van der Waals surface area contributed by atoms with Crippen LogP contribution in [0.15, 0.2) is 22.0 Å². The van der Waals surface area contributed by atoms with Crippen LogP contribution in [-0.4, -0.2) is 12.0 Å². The van der Waals surface area contributed by atoms with E-state index in [1.807, 2.05) is 7.05 Å². The van der Waals surface area contributed by atoms with E-state index in [9.17, 15) is 0 Å². The van der Waals surface area contributed by atoms with Gasteiger partial charge in [0.1, 0.15) is 5.01 Å². The third kappa shape index (κ3) is 2.25. The summed E-state index contributed by atoms with van der Waals surface area (Å²) < 4.78 is 1.13. The van der Waals surface area contributed by atoms with Gasteiger partial charge in [-0.2, -0.15) is 0 Å². The zero-order valence-corrected chi connectivity index (χ0v) is 12.7. The molecule has 0 spiro atoms. The van der Waals surface area contributed by atoms with Crippen LogP contribution in [0.3, 0.4) is 0 Å². The highest BCUT2D eigenvalue weighted by molar-refractivity contribution is 9.11. The molecule has 1 aromatic carbocycles. The highest BCUT2D eigenvalue weighted by atomic mass is 79.9. The second-order valence-corrected chi connectivity index (χ2v) is 6.92. The van der Waals surface area contributed by atoms with E-state index in [2.05, 4.69) is 39.4 Å². The molecule has 1 heterocycles. The topological polar surface area (TPSA) is 24.9 Å². The molecule has 0 radical (unpaired) electrons. The molecule has 0 saturated carbocycles. The van der Waals surface area contributed by atoms with Crippen LogP contribution in [0.5, 0.6) is 0 Å². The molecule has 1 N–H and O–H groups in total. The van der Waals surface area contributed by atoms with E-state index in [0.717, 1.165) is 21.0 Å². The highest BCUT2D eigenvalue weighted by Crippen LogP contribution is 2.34. The van der Waals surface area contributed by atoms with Gasteiger partial charge in [0, 0.05) is 12.1 Å². The van der Waals surface area contributed by atoms with E-state index in [-0.39, 0.29) is 0 Å². The molecule has 2 nitrogen and oxygen atoms in total. The van der Waals surface area contributed by atoms with Crippen molar-refractivity contribution in [3.8, 4) is 10.6 Å². The number of nitrogens with one attached hydrogen (secondary N) is 1. The first kappa shape index (κ1) is 12.3. The Kier molecular flexibility index (Phi) is 3.50. The summed E-state index contributed by atoms with van der Waals surface area (Å²) in [6.07, 6.45) is 3.76. The molecular weight excluding hydrogens is 308 g/mol. The largest absolute Gasteiger partial charge is 0.314 e. The number of aromatic nitrogens is 1. The number of rotatable bonds is 3. The van der Waals surface area contributed by atoms with Crippen LogP contribution in [-0.2, 0) is 19.4 Å². The van der Waals surface area contributed by atoms with Crippen LogP contribution in [0.2, 0.25) is 0 Å². The second kappa shape index (κ2) is 5.11. The number of thiazole rings is 1. The van der Waals surface area contributed by atoms with Crippen molar-refractivity contribution in [1.82, 2.24) is 10.3 Å². The molecule has 0 fully saturated rings. The van der Waals surface area contributed by atoms with Gasteiger partial charge in [-0.15, -0.1) is 11.3 Å². The number of hydrogen-bond donors (Lipinski definition) is 1. The Morgan fingerprint density at radius 2 is 2.17 bits per heavy atom. The quantitative estimate of drug-likeness (QED) is 0.930. The van der Waals surface area contributed by atoms with E-state index in [0.29, 0.717) is 0 Å². The molecule has 94 valence electrons. The fourth-order valence-electron chi connectivity index (χ4n) is 2.44. The SMILES string of the molecule is CNCc1nc(-c2ccc3c(c2)CCC3)sc1Br. The molecule has 1 aliphatic rings. The first-order valence-corrected chi connectivity index (χ1v) is 7.81. The Hall–Kier alpha value is -0.710. The average molecular weight is 323 g/mol. The van der Waals surface area contributed by atoms with Crippen LogP contribution in [0.4, 0.5) is 0 Å². The first-order chi connectivity index (χ1) is 8.78. The van der Waals surface area contributed by atoms with E-state index >= 15 is 0 Å². The number of benzene rings is 1. The van der Waals surface area contributed by atoms with Crippen molar-refractivity contribution in [3.63, 3.8) is 0 Å². The average Bonchev–Trinajstić information content (AvgIpc) is 2.96. The summed E-state index contributed by atoms with van der Waals surface area (Å²) in [7, 11) is 1.95. The predicted molar refractivity (Wildman–Crippen MR) is 80.0 cm³/mol. The minimum absolute atomic E-state index is 0.808. The lowest BCUT2D eigenvalue weighted by atomic mass is 10.1. The molecule has 0 saturated heterocycles. The van der Waals surface area contributed by atoms with Crippen LogP contribution in [0.1, 0.15) is 23.2 Å². The molecule has 2 aromatic rings. The molecule has 3 rings (SSSR count). The molecular formula is C14H15BrN2S. The molecule has 0 amide bonds. The zero-order chi connectivity index (χ0) is 12.5. The van der Waals surface area contributed by atoms with Gasteiger partial charge in [-0.1, -0.05) is 12.1 Å². The summed E-state index contributed by atoms with van der Waals surface area (Å²) in [5, 5.41) is 4.26. The molecule has 1 aromatic heterocycles. The van der Waals surface area contributed by atoms with E-state index in [1.165, 1.54) is 36.0 Å². The maximum absolute atomic E-state index is 4.70. The van der Waals surface area contributed by atoms with E-state index in [1.54, 1.807) is 11.3 Å². The van der Waals surface area contributed by atoms with Crippen LogP contribution < -0.4 is 5.32 Å². The summed E-state index contributed by atoms with van der Waals surface area (Å²) >= 11 is 5.31. The predicted octanol–water partition coefficient (Wildman–Crippen LogP) is 3.78. The summed E-state index contributed by atoms with van der Waals surface area (Å²) in [4.78, 5) is 4.70. The Bertz CT molecular complexity index is 577. The summed E-state index contributed by atoms with van der Waals surface area (Å²) in [5.41, 5.74) is 5.38. The van der Waals surface area contributed by atoms with Crippen LogP contribution in [0, 0.1) is 0 Å². The van der Waals surface area contributed by atoms with Crippen molar-refractivity contribution in [3.05, 3.63) is 38.8 Å². The van der Waals surface area contributed by atoms with Crippen molar-refractivity contribution >= 4 is 27.3 Å². The van der Waals surface area contributed by atoms with Crippen molar-refractivity contribution < 1.29 is 0 Å². The van der Waals surface area contributed by atoms with Gasteiger partial charge in [0.05, 0.1) is 9.48 Å². The normalized spacial score (nSPS) is 13.9. The number of halogens is 1. The third-order valence-electron chi connectivity index (χ3n) is 3.34. The van der Waals surface area contributed by atoms with Gasteiger partial charge in [0.2, 0.25) is 0 Å². The van der Waals surface area contributed by atoms with Gasteiger partial charge in [0.15, 0.2) is 0 Å². The van der Waals surface area contributed by atoms with Gasteiger partial charge >= 0.3 is 0 Å². The number of fused-ring (bicyclic) bond motifs is 1. The van der Waals surface area contributed by atoms with E-state index in [4.69, 9.17) is 4.98 Å². The molecule has 1 aliphatic carbocycles. The molecule has 4 heteroatoms. The van der Waals surface area contributed by atoms with Crippen molar-refractivity contribution in [2.75, 3.05) is 7.05 Å². The fraction of sp³-hybridized carbons (Fsp3) is 0.357. The fourth-order valence-corrected chi connectivity index (χ4v) is 3.93. The van der Waals surface area contributed by atoms with Gasteiger partial charge in [-0.05, 0) is 59.4 Å². The Labute approximate surface area is 120 Å². The lowest BCUT2D eigenvalue weighted by Gasteiger charge is -2.01. The zero-order valence-electron chi connectivity index (χ0n) is 10.3. The summed E-state index contributed by atoms with van der Waals surface area (Å²) in [6, 6.07) is 6.79. The molecule has 0 atom stereocenters. The minimum atomic E-state index is 0.808. The lowest BCUT2D eigenvalue weighted by Crippen LogP contribution is -2.05. The summed E-state index contributed by atoms with van der Waals surface area (Å²) in [6.45, 7) is 0.808. The van der Waals surface area contributed by atoms with Crippen LogP contribution >= 0.6 is 27.3 Å². The van der Waals surface area contributed by atoms with Crippen molar-refractivity contribution in [2.45, 2.75) is 25.8 Å². The van der Waals surface area contributed by atoms with Gasteiger partial charge in [-0.25, -0.2) is 4.98 Å². The lowest BCUT2D eigenvalue weighted by molar-refractivity contribution is 0.795. The standard InChI is InChI=1S/C14H15BrN2S/c1-16-8-12-13(15)18-14(17-12)11-6-5-9-3-2-4-10(9)7-11/h5-7,16H,2-4,8H2,1H3. The maximum atomic E-state index is 4.70. The smallest absolute Gasteiger partial charge is 0.124 e. The molecule has 0 aliphatic heterocycles. The minimum Gasteiger partial charge on any atom is -0.314 e. The Morgan fingerprint density at radius 3 is 3.00 bits per heavy atom. The Morgan fingerprint density at radius 1 is 1.33 bits per heavy atom. The molecule has 0 bridgehead atoms. The molecule has 18 heavy (non-hydrogen) atoms. The summed E-state index contributed by atoms with van der Waals surface area (Å²) in [5.74, 6) is 0. The van der Waals surface area contributed by atoms with Gasteiger partial charge in [-0.3, -0.25) is 0 Å². The van der Waals surface area contributed by atoms with Gasteiger partial charge in [0.25, 0.3) is 0 Å². The molecule has 0 unspecified atom stereocenters. The second-order valence-electron chi connectivity index (χ2n) is 4.61. The van der Waals surface area contributed by atoms with Crippen molar-refractivity contribution in [2.24, 2.45) is 0 Å². The number of nitrogens with zero attached hydrogens (tertiary/aromatic N) is 1. The third-order valence-corrected chi connectivity index (χ3v) is 5.22. The highest BCUT2D eigenvalue weighted by Gasteiger charge is 2.14. The van der Waals surface area contributed by atoms with Crippen LogP contribution in [0.25, 0.3) is 10.6 Å². The monoisotopic (exact) mass is 322 g/mol. The maximum Gasteiger partial charge on any atom is 0.124 e. The number of hydrogen-bond acceptors (Lipinski definition) is 3. The number of aryl methyl sites for hydroxylation is 2. The van der Waals surface area contributed by atoms with E-state index < -0.39 is 0 Å². The van der Waals surface area contributed by atoms with Crippen molar-refractivity contribution in [1.29, 1.82) is 0 Å². The first-order valence-electron chi connectivity index (χ1n) is 6.20.